The third-order valence-corrected chi connectivity index (χ3v) is 4.87. The van der Waals surface area contributed by atoms with Crippen LogP contribution in [0.1, 0.15) is 64.6 Å². The molecule has 0 saturated heterocycles. The van der Waals surface area contributed by atoms with Crippen LogP contribution >= 0.6 is 0 Å². The first-order valence-electron chi connectivity index (χ1n) is 9.81. The fourth-order valence-electron chi connectivity index (χ4n) is 3.07. The van der Waals surface area contributed by atoms with Crippen molar-refractivity contribution in [1.29, 1.82) is 0 Å². The van der Waals surface area contributed by atoms with Crippen molar-refractivity contribution in [1.82, 2.24) is 5.32 Å². The molecule has 1 unspecified atom stereocenters. The monoisotopic (exact) mass is 386 g/mol. The van der Waals surface area contributed by atoms with Crippen LogP contribution in [0, 0.1) is 0 Å². The topological polar surface area (TPSA) is 58.2 Å². The lowest BCUT2D eigenvalue weighted by Gasteiger charge is -2.15. The van der Waals surface area contributed by atoms with Crippen LogP contribution in [-0.2, 0) is 0 Å². The summed E-state index contributed by atoms with van der Waals surface area (Å²) in [6, 6.07) is 24.2. The Balaban J connectivity index is 1.67. The standard InChI is InChI=1S/C25H26N2O2/c1-17(2)19-12-14-21(15-13-19)24(28)27-23-11-7-10-22(16-23)25(29)26-18(3)20-8-5-4-6-9-20/h4-18H,1-3H3,(H,26,29)(H,27,28). The molecule has 2 amide bonds. The van der Waals surface area contributed by atoms with Crippen molar-refractivity contribution in [3.63, 3.8) is 0 Å². The second-order valence-electron chi connectivity index (χ2n) is 7.42. The zero-order valence-corrected chi connectivity index (χ0v) is 17.0. The molecule has 3 rings (SSSR count). The molecule has 0 aliphatic rings. The maximum absolute atomic E-state index is 12.6. The highest BCUT2D eigenvalue weighted by Crippen LogP contribution is 2.17. The first kappa shape index (κ1) is 20.3. The summed E-state index contributed by atoms with van der Waals surface area (Å²) < 4.78 is 0. The average Bonchev–Trinajstić information content (AvgIpc) is 2.74. The Morgan fingerprint density at radius 1 is 0.690 bits per heavy atom. The van der Waals surface area contributed by atoms with Crippen LogP contribution in [0.25, 0.3) is 0 Å². The number of hydrogen-bond donors (Lipinski definition) is 2. The van der Waals surface area contributed by atoms with Gasteiger partial charge in [0.25, 0.3) is 11.8 Å². The first-order valence-corrected chi connectivity index (χ1v) is 9.81. The number of carbonyl (C=O) groups excluding carboxylic acids is 2. The van der Waals surface area contributed by atoms with Gasteiger partial charge in [0.05, 0.1) is 6.04 Å². The van der Waals surface area contributed by atoms with Gasteiger partial charge in [0, 0.05) is 16.8 Å². The molecular formula is C25H26N2O2. The van der Waals surface area contributed by atoms with Gasteiger partial charge in [0.2, 0.25) is 0 Å². The van der Waals surface area contributed by atoms with E-state index in [1.54, 1.807) is 24.3 Å². The number of amides is 2. The van der Waals surface area contributed by atoms with Crippen molar-refractivity contribution in [3.8, 4) is 0 Å². The lowest BCUT2D eigenvalue weighted by atomic mass is 10.0. The number of rotatable bonds is 6. The van der Waals surface area contributed by atoms with Crippen molar-refractivity contribution >= 4 is 17.5 Å². The fraction of sp³-hybridized carbons (Fsp3) is 0.200. The Kier molecular flexibility index (Phi) is 6.45. The van der Waals surface area contributed by atoms with Gasteiger partial charge in [-0.2, -0.15) is 0 Å². The van der Waals surface area contributed by atoms with Crippen LogP contribution in [-0.4, -0.2) is 11.8 Å². The molecule has 148 valence electrons. The van der Waals surface area contributed by atoms with E-state index in [-0.39, 0.29) is 17.9 Å². The molecule has 0 aromatic heterocycles. The van der Waals surface area contributed by atoms with Crippen molar-refractivity contribution in [2.45, 2.75) is 32.7 Å². The molecule has 0 heterocycles. The Hall–Kier alpha value is -3.40. The molecule has 0 spiro atoms. The summed E-state index contributed by atoms with van der Waals surface area (Å²) >= 11 is 0. The Morgan fingerprint density at radius 3 is 2.03 bits per heavy atom. The van der Waals surface area contributed by atoms with E-state index >= 15 is 0 Å². The molecule has 4 nitrogen and oxygen atoms in total. The predicted molar refractivity (Wildman–Crippen MR) is 117 cm³/mol. The van der Waals surface area contributed by atoms with E-state index in [0.29, 0.717) is 22.7 Å². The molecule has 0 aliphatic heterocycles. The van der Waals surface area contributed by atoms with Gasteiger partial charge in [0.1, 0.15) is 0 Å². The van der Waals surface area contributed by atoms with Gasteiger partial charge >= 0.3 is 0 Å². The minimum Gasteiger partial charge on any atom is -0.346 e. The summed E-state index contributed by atoms with van der Waals surface area (Å²) in [5.74, 6) is 0.0369. The lowest BCUT2D eigenvalue weighted by molar-refractivity contribution is 0.0938. The molecule has 3 aromatic carbocycles. The summed E-state index contributed by atoms with van der Waals surface area (Å²) in [7, 11) is 0. The molecule has 3 aromatic rings. The van der Waals surface area contributed by atoms with Gasteiger partial charge in [0.15, 0.2) is 0 Å². The quantitative estimate of drug-likeness (QED) is 0.583. The smallest absolute Gasteiger partial charge is 0.255 e. The third kappa shape index (κ3) is 5.32. The zero-order valence-electron chi connectivity index (χ0n) is 17.0. The third-order valence-electron chi connectivity index (χ3n) is 4.87. The fourth-order valence-corrected chi connectivity index (χ4v) is 3.07. The SMILES string of the molecule is CC(C)c1ccc(C(=O)Nc2cccc(C(=O)NC(C)c3ccccc3)c2)cc1. The highest BCUT2D eigenvalue weighted by atomic mass is 16.2. The molecular weight excluding hydrogens is 360 g/mol. The van der Waals surface area contributed by atoms with Crippen LogP contribution in [0.15, 0.2) is 78.9 Å². The number of benzene rings is 3. The second kappa shape index (κ2) is 9.20. The maximum atomic E-state index is 12.6. The maximum Gasteiger partial charge on any atom is 0.255 e. The van der Waals surface area contributed by atoms with Crippen molar-refractivity contribution < 1.29 is 9.59 Å². The van der Waals surface area contributed by atoms with E-state index in [9.17, 15) is 9.59 Å². The second-order valence-corrected chi connectivity index (χ2v) is 7.42. The molecule has 2 N–H and O–H groups in total. The van der Waals surface area contributed by atoms with E-state index < -0.39 is 0 Å². The van der Waals surface area contributed by atoms with E-state index in [0.717, 1.165) is 5.56 Å². The van der Waals surface area contributed by atoms with Crippen LogP contribution in [0.4, 0.5) is 5.69 Å². The van der Waals surface area contributed by atoms with Crippen molar-refractivity contribution in [2.24, 2.45) is 0 Å². The average molecular weight is 386 g/mol. The number of hydrogen-bond acceptors (Lipinski definition) is 2. The van der Waals surface area contributed by atoms with Gasteiger partial charge in [-0.3, -0.25) is 9.59 Å². The Labute approximate surface area is 172 Å². The minimum atomic E-state index is -0.199. The zero-order chi connectivity index (χ0) is 20.8. The molecule has 4 heteroatoms. The van der Waals surface area contributed by atoms with Crippen LogP contribution in [0.3, 0.4) is 0 Å². The molecule has 0 aliphatic carbocycles. The van der Waals surface area contributed by atoms with Gasteiger partial charge in [-0.05, 0) is 54.3 Å². The highest BCUT2D eigenvalue weighted by Gasteiger charge is 2.13. The molecule has 0 bridgehead atoms. The summed E-state index contributed by atoms with van der Waals surface area (Å²) in [5, 5.41) is 5.86. The Morgan fingerprint density at radius 2 is 1.38 bits per heavy atom. The summed E-state index contributed by atoms with van der Waals surface area (Å²) in [6.07, 6.45) is 0. The van der Waals surface area contributed by atoms with Crippen molar-refractivity contribution in [2.75, 3.05) is 5.32 Å². The highest BCUT2D eigenvalue weighted by molar-refractivity contribution is 6.05. The summed E-state index contributed by atoms with van der Waals surface area (Å²) in [6.45, 7) is 6.17. The largest absolute Gasteiger partial charge is 0.346 e. The first-order chi connectivity index (χ1) is 13.9. The predicted octanol–water partition coefficient (Wildman–Crippen LogP) is 5.55. The van der Waals surface area contributed by atoms with Crippen LogP contribution in [0.2, 0.25) is 0 Å². The van der Waals surface area contributed by atoms with Crippen LogP contribution in [0.5, 0.6) is 0 Å². The van der Waals surface area contributed by atoms with E-state index in [4.69, 9.17) is 0 Å². The molecule has 0 saturated carbocycles. The van der Waals surface area contributed by atoms with Crippen molar-refractivity contribution in [3.05, 3.63) is 101 Å². The lowest BCUT2D eigenvalue weighted by Crippen LogP contribution is -2.26. The summed E-state index contributed by atoms with van der Waals surface area (Å²) in [4.78, 5) is 25.1. The molecule has 29 heavy (non-hydrogen) atoms. The van der Waals surface area contributed by atoms with Gasteiger partial charge < -0.3 is 10.6 Å². The van der Waals surface area contributed by atoms with Crippen LogP contribution < -0.4 is 10.6 Å². The Bertz CT molecular complexity index is 979. The normalized spacial score (nSPS) is 11.7. The van der Waals surface area contributed by atoms with Gasteiger partial charge in [-0.15, -0.1) is 0 Å². The summed E-state index contributed by atoms with van der Waals surface area (Å²) in [5.41, 5.74) is 3.90. The molecule has 0 radical (unpaired) electrons. The minimum absolute atomic E-state index is 0.110. The van der Waals surface area contributed by atoms with E-state index in [1.807, 2.05) is 61.5 Å². The number of anilines is 1. The van der Waals surface area contributed by atoms with Gasteiger partial charge in [-0.1, -0.05) is 62.4 Å². The van der Waals surface area contributed by atoms with Gasteiger partial charge in [-0.25, -0.2) is 0 Å². The number of carbonyl (C=O) groups is 2. The van der Waals surface area contributed by atoms with E-state index in [2.05, 4.69) is 24.5 Å². The molecule has 1 atom stereocenters. The molecule has 0 fully saturated rings. The number of nitrogens with one attached hydrogen (secondary N) is 2. The van der Waals surface area contributed by atoms with E-state index in [1.165, 1.54) is 5.56 Å².